The molecule has 1 amide bonds. The molecule has 1 aliphatic carbocycles. The Kier molecular flexibility index (Phi) is 7.02. The second-order valence-electron chi connectivity index (χ2n) is 5.68. The molecule has 1 heterocycles. The van der Waals surface area contributed by atoms with Crippen LogP contribution in [0, 0.1) is 5.92 Å². The third-order valence-corrected chi connectivity index (χ3v) is 4.37. The van der Waals surface area contributed by atoms with Crippen LogP contribution in [0.15, 0.2) is 0 Å². The maximum Gasteiger partial charge on any atom is 0.222 e. The van der Waals surface area contributed by atoms with Gasteiger partial charge in [0.05, 0.1) is 0 Å². The number of carbonyl (C=O) groups is 1. The zero-order chi connectivity index (χ0) is 12.1. The highest BCUT2D eigenvalue weighted by Gasteiger charge is 2.25. The number of hydrogen-bond acceptors (Lipinski definition) is 2. The number of carbonyl (C=O) groups excluding carboxylic acids is 1. The normalized spacial score (nSPS) is 25.6. The van der Waals surface area contributed by atoms with E-state index in [2.05, 4.69) is 10.2 Å². The van der Waals surface area contributed by atoms with Crippen LogP contribution in [0.5, 0.6) is 0 Å². The highest BCUT2D eigenvalue weighted by molar-refractivity contribution is 5.85. The minimum atomic E-state index is 0. The minimum absolute atomic E-state index is 0. The summed E-state index contributed by atoms with van der Waals surface area (Å²) in [5.74, 6) is 1.07. The van der Waals surface area contributed by atoms with Crippen molar-refractivity contribution in [3.63, 3.8) is 0 Å². The van der Waals surface area contributed by atoms with Gasteiger partial charge in [-0.1, -0.05) is 19.3 Å². The number of hydrogen-bond donors (Lipinski definition) is 1. The first-order valence-corrected chi connectivity index (χ1v) is 7.24. The zero-order valence-corrected chi connectivity index (χ0v) is 12.3. The van der Waals surface area contributed by atoms with Gasteiger partial charge >= 0.3 is 0 Å². The van der Waals surface area contributed by atoms with E-state index in [4.69, 9.17) is 0 Å². The highest BCUT2D eigenvalue weighted by atomic mass is 35.5. The smallest absolute Gasteiger partial charge is 0.222 e. The van der Waals surface area contributed by atoms with Gasteiger partial charge in [0.1, 0.15) is 0 Å². The van der Waals surface area contributed by atoms with Crippen molar-refractivity contribution >= 4 is 18.3 Å². The lowest BCUT2D eigenvalue weighted by molar-refractivity contribution is -0.133. The van der Waals surface area contributed by atoms with Crippen LogP contribution in [0.1, 0.15) is 51.4 Å². The first-order valence-electron chi connectivity index (χ1n) is 7.24. The van der Waals surface area contributed by atoms with Crippen LogP contribution in [0.3, 0.4) is 0 Å². The van der Waals surface area contributed by atoms with Crippen molar-refractivity contribution in [3.8, 4) is 0 Å². The summed E-state index contributed by atoms with van der Waals surface area (Å²) in [5, 5.41) is 3.30. The summed E-state index contributed by atoms with van der Waals surface area (Å²) in [6, 6.07) is 0.513. The molecule has 0 aromatic rings. The molecule has 1 saturated heterocycles. The lowest BCUT2D eigenvalue weighted by atomic mass is 9.86. The average Bonchev–Trinajstić information content (AvgIpc) is 2.40. The number of nitrogens with zero attached hydrogens (tertiary/aromatic N) is 1. The number of likely N-dealkylation sites (N-methyl/N-ethyl adjacent to an activating group) is 1. The molecule has 1 N–H and O–H groups in total. The molecule has 2 rings (SSSR count). The molecular formula is C14H27ClN2O. The summed E-state index contributed by atoms with van der Waals surface area (Å²) in [5.41, 5.74) is 0. The number of piperidine rings is 1. The van der Waals surface area contributed by atoms with Crippen molar-refractivity contribution in [2.24, 2.45) is 5.92 Å². The lowest BCUT2D eigenvalue weighted by Gasteiger charge is -2.34. The Morgan fingerprint density at radius 2 is 1.89 bits per heavy atom. The largest absolute Gasteiger partial charge is 0.341 e. The molecule has 18 heavy (non-hydrogen) atoms. The van der Waals surface area contributed by atoms with Gasteiger partial charge in [-0.15, -0.1) is 12.4 Å². The Labute approximate surface area is 117 Å². The molecule has 1 aliphatic heterocycles. The number of likely N-dealkylation sites (tertiary alicyclic amines) is 1. The molecule has 1 saturated carbocycles. The minimum Gasteiger partial charge on any atom is -0.341 e. The van der Waals surface area contributed by atoms with Gasteiger partial charge in [0, 0.05) is 25.6 Å². The van der Waals surface area contributed by atoms with Crippen molar-refractivity contribution in [2.75, 3.05) is 20.1 Å². The van der Waals surface area contributed by atoms with E-state index in [1.165, 1.54) is 38.5 Å². The third kappa shape index (κ3) is 4.43. The van der Waals surface area contributed by atoms with Crippen LogP contribution in [0.2, 0.25) is 0 Å². The topological polar surface area (TPSA) is 32.3 Å². The molecule has 3 nitrogen and oxygen atoms in total. The maximum absolute atomic E-state index is 12.2. The maximum atomic E-state index is 12.2. The van der Waals surface area contributed by atoms with E-state index >= 15 is 0 Å². The number of halogens is 1. The standard InChI is InChI=1S/C14H26N2O.ClH/c1-15-13-8-5-9-16(11-13)14(17)10-12-6-3-2-4-7-12;/h12-13,15H,2-11H2,1H3;1H. The summed E-state index contributed by atoms with van der Waals surface area (Å²) in [6.07, 6.45) is 9.75. The molecule has 0 radical (unpaired) electrons. The van der Waals surface area contributed by atoms with E-state index in [9.17, 15) is 4.79 Å². The average molecular weight is 275 g/mol. The van der Waals surface area contributed by atoms with Gasteiger partial charge in [-0.05, 0) is 38.6 Å². The molecule has 4 heteroatoms. The second-order valence-corrected chi connectivity index (χ2v) is 5.68. The Hall–Kier alpha value is -0.280. The Balaban J connectivity index is 0.00000162. The predicted molar refractivity (Wildman–Crippen MR) is 77.1 cm³/mol. The number of amides is 1. The van der Waals surface area contributed by atoms with E-state index in [0.29, 0.717) is 17.9 Å². The summed E-state index contributed by atoms with van der Waals surface area (Å²) in [7, 11) is 2.00. The van der Waals surface area contributed by atoms with Gasteiger partial charge in [-0.25, -0.2) is 0 Å². The second kappa shape index (κ2) is 8.00. The van der Waals surface area contributed by atoms with Crippen molar-refractivity contribution < 1.29 is 4.79 Å². The van der Waals surface area contributed by atoms with Crippen LogP contribution >= 0.6 is 12.4 Å². The van der Waals surface area contributed by atoms with E-state index in [1.54, 1.807) is 0 Å². The Morgan fingerprint density at radius 1 is 1.17 bits per heavy atom. The molecule has 0 bridgehead atoms. The monoisotopic (exact) mass is 274 g/mol. The molecule has 1 atom stereocenters. The quantitative estimate of drug-likeness (QED) is 0.858. The summed E-state index contributed by atoms with van der Waals surface area (Å²) in [4.78, 5) is 14.3. The molecule has 0 aromatic heterocycles. The predicted octanol–water partition coefficient (Wildman–Crippen LogP) is 2.59. The van der Waals surface area contributed by atoms with Crippen LogP contribution in [0.25, 0.3) is 0 Å². The van der Waals surface area contributed by atoms with Gasteiger partial charge < -0.3 is 10.2 Å². The molecule has 1 unspecified atom stereocenters. The van der Waals surface area contributed by atoms with Crippen molar-refractivity contribution in [1.82, 2.24) is 10.2 Å². The summed E-state index contributed by atoms with van der Waals surface area (Å²) >= 11 is 0. The van der Waals surface area contributed by atoms with Crippen molar-refractivity contribution in [1.29, 1.82) is 0 Å². The van der Waals surface area contributed by atoms with E-state index in [-0.39, 0.29) is 12.4 Å². The highest BCUT2D eigenvalue weighted by Crippen LogP contribution is 2.27. The fourth-order valence-electron chi connectivity index (χ4n) is 3.21. The van der Waals surface area contributed by atoms with Crippen molar-refractivity contribution in [3.05, 3.63) is 0 Å². The SMILES string of the molecule is CNC1CCCN(C(=O)CC2CCCCC2)C1.Cl. The van der Waals surface area contributed by atoms with Crippen LogP contribution in [-0.2, 0) is 4.79 Å². The number of rotatable bonds is 3. The van der Waals surface area contributed by atoms with Gasteiger partial charge in [-0.3, -0.25) is 4.79 Å². The lowest BCUT2D eigenvalue weighted by Crippen LogP contribution is -2.47. The fourth-order valence-corrected chi connectivity index (χ4v) is 3.21. The van der Waals surface area contributed by atoms with Gasteiger partial charge in [0.15, 0.2) is 0 Å². The molecule has 0 aromatic carbocycles. The van der Waals surface area contributed by atoms with Crippen LogP contribution < -0.4 is 5.32 Å². The summed E-state index contributed by atoms with van der Waals surface area (Å²) < 4.78 is 0. The Morgan fingerprint density at radius 3 is 2.56 bits per heavy atom. The van der Waals surface area contributed by atoms with Gasteiger partial charge in [-0.2, -0.15) is 0 Å². The van der Waals surface area contributed by atoms with Crippen LogP contribution in [-0.4, -0.2) is 37.0 Å². The van der Waals surface area contributed by atoms with Crippen LogP contribution in [0.4, 0.5) is 0 Å². The molecule has 106 valence electrons. The zero-order valence-electron chi connectivity index (χ0n) is 11.5. The van der Waals surface area contributed by atoms with E-state index < -0.39 is 0 Å². The third-order valence-electron chi connectivity index (χ3n) is 4.37. The molecular weight excluding hydrogens is 248 g/mol. The fraction of sp³-hybridized carbons (Fsp3) is 0.929. The molecule has 0 spiro atoms. The number of nitrogens with one attached hydrogen (secondary N) is 1. The van der Waals surface area contributed by atoms with Gasteiger partial charge in [0.25, 0.3) is 0 Å². The van der Waals surface area contributed by atoms with E-state index in [0.717, 1.165) is 25.9 Å². The summed E-state index contributed by atoms with van der Waals surface area (Å²) in [6.45, 7) is 1.89. The first-order chi connectivity index (χ1) is 8.29. The first kappa shape index (κ1) is 15.8. The van der Waals surface area contributed by atoms with Gasteiger partial charge in [0.2, 0.25) is 5.91 Å². The molecule has 2 aliphatic rings. The van der Waals surface area contributed by atoms with Crippen molar-refractivity contribution in [2.45, 2.75) is 57.4 Å². The van der Waals surface area contributed by atoms with E-state index in [1.807, 2.05) is 7.05 Å². The Bertz CT molecular complexity index is 254. The molecule has 2 fully saturated rings.